The van der Waals surface area contributed by atoms with Gasteiger partial charge in [-0.3, -0.25) is 14.6 Å². The summed E-state index contributed by atoms with van der Waals surface area (Å²) >= 11 is 6.13. The SMILES string of the molecule is O=C1CCCc2c1cnc1nc(NCc3ccccc3Cl)[nH]c(=O)c21. The average Bonchev–Trinajstić information content (AvgIpc) is 2.61. The summed E-state index contributed by atoms with van der Waals surface area (Å²) in [4.78, 5) is 35.9. The first kappa shape index (κ1) is 15.8. The lowest BCUT2D eigenvalue weighted by Gasteiger charge is -2.15. The Hall–Kier alpha value is -2.73. The molecule has 0 bridgehead atoms. The summed E-state index contributed by atoms with van der Waals surface area (Å²) in [6, 6.07) is 7.45. The molecular weight excluding hydrogens is 340 g/mol. The highest BCUT2D eigenvalue weighted by atomic mass is 35.5. The summed E-state index contributed by atoms with van der Waals surface area (Å²) in [5, 5.41) is 4.12. The van der Waals surface area contributed by atoms with Crippen molar-refractivity contribution in [3.05, 3.63) is 62.5 Å². The number of anilines is 1. The fourth-order valence-corrected chi connectivity index (χ4v) is 3.33. The molecular formula is C18H15ClN4O2. The highest BCUT2D eigenvalue weighted by molar-refractivity contribution is 6.31. The summed E-state index contributed by atoms with van der Waals surface area (Å²) in [6.07, 6.45) is 3.47. The predicted molar refractivity (Wildman–Crippen MR) is 96.2 cm³/mol. The maximum atomic E-state index is 12.5. The molecule has 3 aromatic rings. The Labute approximate surface area is 148 Å². The first-order valence-electron chi connectivity index (χ1n) is 8.06. The van der Waals surface area contributed by atoms with Gasteiger partial charge in [-0.15, -0.1) is 0 Å². The van der Waals surface area contributed by atoms with E-state index >= 15 is 0 Å². The number of rotatable bonds is 3. The molecule has 4 rings (SSSR count). The van der Waals surface area contributed by atoms with Gasteiger partial charge in [0, 0.05) is 29.7 Å². The molecule has 0 spiro atoms. The standard InChI is InChI=1S/C18H15ClN4O2/c19-13-6-2-1-4-10(13)8-21-18-22-16-15(17(25)23-18)11-5-3-7-14(24)12(11)9-20-16/h1-2,4,6,9H,3,5,7-8H2,(H2,20,21,22,23,25). The molecule has 0 amide bonds. The monoisotopic (exact) mass is 354 g/mol. The number of nitrogens with zero attached hydrogens (tertiary/aromatic N) is 2. The lowest BCUT2D eigenvalue weighted by atomic mass is 9.90. The number of halogens is 1. The number of pyridine rings is 1. The van der Waals surface area contributed by atoms with E-state index in [4.69, 9.17) is 11.6 Å². The Morgan fingerprint density at radius 1 is 1.20 bits per heavy atom. The van der Waals surface area contributed by atoms with Crippen molar-refractivity contribution in [2.75, 3.05) is 5.32 Å². The molecule has 126 valence electrons. The minimum atomic E-state index is -0.286. The topological polar surface area (TPSA) is 87.7 Å². The van der Waals surface area contributed by atoms with Gasteiger partial charge in [0.05, 0.1) is 5.39 Å². The quantitative estimate of drug-likeness (QED) is 0.754. The van der Waals surface area contributed by atoms with E-state index in [2.05, 4.69) is 20.3 Å². The third-order valence-corrected chi connectivity index (χ3v) is 4.75. The van der Waals surface area contributed by atoms with Crippen molar-refractivity contribution in [3.63, 3.8) is 0 Å². The van der Waals surface area contributed by atoms with Crippen molar-refractivity contribution in [2.45, 2.75) is 25.8 Å². The van der Waals surface area contributed by atoms with Crippen LogP contribution in [0.15, 0.2) is 35.3 Å². The number of carbonyl (C=O) groups is 1. The average molecular weight is 355 g/mol. The van der Waals surface area contributed by atoms with E-state index in [9.17, 15) is 9.59 Å². The molecule has 2 N–H and O–H groups in total. The molecule has 1 aromatic carbocycles. The minimum absolute atomic E-state index is 0.0379. The van der Waals surface area contributed by atoms with Crippen molar-refractivity contribution in [1.82, 2.24) is 15.0 Å². The largest absolute Gasteiger partial charge is 0.352 e. The van der Waals surface area contributed by atoms with Gasteiger partial charge in [-0.05, 0) is 30.0 Å². The van der Waals surface area contributed by atoms with Crippen molar-refractivity contribution in [2.24, 2.45) is 0 Å². The van der Waals surface area contributed by atoms with Gasteiger partial charge in [-0.25, -0.2) is 4.98 Å². The van der Waals surface area contributed by atoms with E-state index < -0.39 is 0 Å². The van der Waals surface area contributed by atoms with Crippen LogP contribution in [-0.4, -0.2) is 20.7 Å². The van der Waals surface area contributed by atoms with Crippen LogP contribution < -0.4 is 10.9 Å². The molecule has 2 heterocycles. The number of aromatic nitrogens is 3. The highest BCUT2D eigenvalue weighted by Gasteiger charge is 2.22. The van der Waals surface area contributed by atoms with Crippen LogP contribution in [0.25, 0.3) is 11.0 Å². The molecule has 2 aromatic heterocycles. The molecule has 0 saturated heterocycles. The number of carbonyl (C=O) groups excluding carboxylic acids is 1. The van der Waals surface area contributed by atoms with Gasteiger partial charge in [0.15, 0.2) is 11.4 Å². The number of nitrogens with one attached hydrogen (secondary N) is 2. The molecule has 0 atom stereocenters. The molecule has 1 aliphatic carbocycles. The van der Waals surface area contributed by atoms with Crippen LogP contribution in [0.3, 0.4) is 0 Å². The third-order valence-electron chi connectivity index (χ3n) is 4.38. The van der Waals surface area contributed by atoms with Crippen molar-refractivity contribution in [1.29, 1.82) is 0 Å². The Morgan fingerprint density at radius 3 is 2.88 bits per heavy atom. The maximum absolute atomic E-state index is 12.5. The third kappa shape index (κ3) is 2.89. The van der Waals surface area contributed by atoms with E-state index in [0.717, 1.165) is 17.5 Å². The van der Waals surface area contributed by atoms with Gasteiger partial charge in [0.25, 0.3) is 5.56 Å². The predicted octanol–water partition coefficient (Wildman–Crippen LogP) is 3.10. The summed E-state index contributed by atoms with van der Waals surface area (Å²) < 4.78 is 0. The van der Waals surface area contributed by atoms with Crippen molar-refractivity contribution >= 4 is 34.4 Å². The second-order valence-electron chi connectivity index (χ2n) is 5.99. The van der Waals surface area contributed by atoms with Crippen LogP contribution in [0, 0.1) is 0 Å². The first-order chi connectivity index (χ1) is 12.1. The van der Waals surface area contributed by atoms with Gasteiger partial charge in [0.1, 0.15) is 0 Å². The number of aryl methyl sites for hydroxylation is 1. The lowest BCUT2D eigenvalue weighted by Crippen LogP contribution is -2.19. The zero-order valence-electron chi connectivity index (χ0n) is 13.3. The van der Waals surface area contributed by atoms with Crippen LogP contribution in [0.1, 0.15) is 34.3 Å². The number of aromatic amines is 1. The van der Waals surface area contributed by atoms with Gasteiger partial charge in [0.2, 0.25) is 5.95 Å². The van der Waals surface area contributed by atoms with Gasteiger partial charge in [-0.1, -0.05) is 29.8 Å². The van der Waals surface area contributed by atoms with E-state index in [1.165, 1.54) is 6.20 Å². The van der Waals surface area contributed by atoms with Crippen molar-refractivity contribution in [3.8, 4) is 0 Å². The Kier molecular flexibility index (Phi) is 3.97. The Morgan fingerprint density at radius 2 is 2.04 bits per heavy atom. The molecule has 25 heavy (non-hydrogen) atoms. The Bertz CT molecular complexity index is 1040. The van der Waals surface area contributed by atoms with E-state index in [1.54, 1.807) is 6.07 Å². The lowest BCUT2D eigenvalue weighted by molar-refractivity contribution is 0.0972. The number of hydrogen-bond acceptors (Lipinski definition) is 5. The van der Waals surface area contributed by atoms with Crippen LogP contribution in [-0.2, 0) is 13.0 Å². The van der Waals surface area contributed by atoms with E-state index in [-0.39, 0.29) is 11.3 Å². The molecule has 0 unspecified atom stereocenters. The van der Waals surface area contributed by atoms with Gasteiger partial charge >= 0.3 is 0 Å². The summed E-state index contributed by atoms with van der Waals surface area (Å²) in [6.45, 7) is 0.428. The van der Waals surface area contributed by atoms with Crippen LogP contribution >= 0.6 is 11.6 Å². The molecule has 0 saturated carbocycles. The summed E-state index contributed by atoms with van der Waals surface area (Å²) in [7, 11) is 0. The summed E-state index contributed by atoms with van der Waals surface area (Å²) in [5.41, 5.74) is 2.26. The van der Waals surface area contributed by atoms with Crippen LogP contribution in [0.5, 0.6) is 0 Å². The second kappa shape index (κ2) is 6.29. The molecule has 1 aliphatic rings. The zero-order chi connectivity index (χ0) is 17.4. The minimum Gasteiger partial charge on any atom is -0.352 e. The van der Waals surface area contributed by atoms with Gasteiger partial charge < -0.3 is 5.32 Å². The molecule has 6 nitrogen and oxygen atoms in total. The second-order valence-corrected chi connectivity index (χ2v) is 6.39. The van der Waals surface area contributed by atoms with E-state index in [1.807, 2.05) is 18.2 Å². The number of H-pyrrole nitrogens is 1. The van der Waals surface area contributed by atoms with Crippen LogP contribution in [0.2, 0.25) is 5.02 Å². The fraction of sp³-hybridized carbons (Fsp3) is 0.222. The maximum Gasteiger partial charge on any atom is 0.262 e. The van der Waals surface area contributed by atoms with Crippen LogP contribution in [0.4, 0.5) is 5.95 Å². The van der Waals surface area contributed by atoms with Crippen molar-refractivity contribution < 1.29 is 4.79 Å². The first-order valence-corrected chi connectivity index (χ1v) is 8.43. The number of hydrogen-bond donors (Lipinski definition) is 2. The Balaban J connectivity index is 1.71. The number of ketones is 1. The number of Topliss-reactive ketones (excluding diaryl/α,β-unsaturated/α-hetero) is 1. The fourth-order valence-electron chi connectivity index (χ4n) is 3.13. The molecule has 0 fully saturated rings. The normalized spacial score (nSPS) is 13.7. The number of fused-ring (bicyclic) bond motifs is 3. The smallest absolute Gasteiger partial charge is 0.262 e. The molecule has 7 heteroatoms. The molecule has 0 radical (unpaired) electrons. The number of benzene rings is 1. The molecule has 0 aliphatic heterocycles. The zero-order valence-corrected chi connectivity index (χ0v) is 14.1. The summed E-state index contributed by atoms with van der Waals surface area (Å²) in [5.74, 6) is 0.364. The van der Waals surface area contributed by atoms with E-state index in [0.29, 0.717) is 47.0 Å². The highest BCUT2D eigenvalue weighted by Crippen LogP contribution is 2.25. The van der Waals surface area contributed by atoms with Gasteiger partial charge in [-0.2, -0.15) is 4.98 Å².